The van der Waals surface area contributed by atoms with E-state index in [0.29, 0.717) is 22.0 Å². The van der Waals surface area contributed by atoms with Crippen LogP contribution in [0.3, 0.4) is 0 Å². The Bertz CT molecular complexity index is 923. The summed E-state index contributed by atoms with van der Waals surface area (Å²) >= 11 is 1.38. The van der Waals surface area contributed by atoms with Crippen LogP contribution in [0, 0.1) is 0 Å². The molecule has 142 valence electrons. The first-order valence-corrected chi connectivity index (χ1v) is 8.79. The Morgan fingerprint density at radius 1 is 1.37 bits per heavy atom. The minimum Gasteiger partial charge on any atom is -0.321 e. The van der Waals surface area contributed by atoms with Crippen LogP contribution in [0.15, 0.2) is 42.0 Å². The van der Waals surface area contributed by atoms with Crippen molar-refractivity contribution < 1.29 is 18.0 Å². The number of urea groups is 1. The number of hydrogen-bond donors (Lipinski definition) is 2. The van der Waals surface area contributed by atoms with Crippen molar-refractivity contribution in [3.63, 3.8) is 0 Å². The van der Waals surface area contributed by atoms with Gasteiger partial charge < -0.3 is 10.2 Å². The Balaban J connectivity index is 1.76. The number of amides is 2. The standard InChI is InChI=1S/C17H16F3N5OS/c1-10(11-4-3-5-12(8-11)17(18,19)20)25(2)16(26)23-13-9-22-24-14(13)15-21-6-7-27-15/h3-10H,1-2H3,(H,22,24)(H,23,26). The molecule has 1 unspecified atom stereocenters. The molecule has 0 radical (unpaired) electrons. The predicted octanol–water partition coefficient (Wildman–Crippen LogP) is 4.78. The Morgan fingerprint density at radius 2 is 2.15 bits per heavy atom. The highest BCUT2D eigenvalue weighted by atomic mass is 32.1. The van der Waals surface area contributed by atoms with Crippen molar-refractivity contribution in [2.75, 3.05) is 12.4 Å². The van der Waals surface area contributed by atoms with Crippen LogP contribution in [0.2, 0.25) is 0 Å². The number of H-pyrrole nitrogens is 1. The second kappa shape index (κ2) is 7.39. The van der Waals surface area contributed by atoms with Crippen molar-refractivity contribution in [2.45, 2.75) is 19.1 Å². The van der Waals surface area contributed by atoms with Crippen LogP contribution in [-0.4, -0.2) is 33.2 Å². The molecular formula is C17H16F3N5OS. The predicted molar refractivity (Wildman–Crippen MR) is 96.3 cm³/mol. The molecule has 1 aromatic carbocycles. The van der Waals surface area contributed by atoms with E-state index in [9.17, 15) is 18.0 Å². The Morgan fingerprint density at radius 3 is 2.81 bits per heavy atom. The van der Waals surface area contributed by atoms with Gasteiger partial charge in [-0.25, -0.2) is 9.78 Å². The smallest absolute Gasteiger partial charge is 0.321 e. The molecule has 0 bridgehead atoms. The average Bonchev–Trinajstić information content (AvgIpc) is 3.31. The highest BCUT2D eigenvalue weighted by molar-refractivity contribution is 7.13. The van der Waals surface area contributed by atoms with Gasteiger partial charge in [-0.15, -0.1) is 11.3 Å². The molecule has 0 saturated heterocycles. The number of hydrogen-bond acceptors (Lipinski definition) is 4. The highest BCUT2D eigenvalue weighted by Gasteiger charge is 2.31. The lowest BCUT2D eigenvalue weighted by molar-refractivity contribution is -0.137. The molecular weight excluding hydrogens is 379 g/mol. The fraction of sp³-hybridized carbons (Fsp3) is 0.235. The number of halogens is 3. The maximum absolute atomic E-state index is 12.9. The summed E-state index contributed by atoms with van der Waals surface area (Å²) in [5.41, 5.74) is 0.646. The maximum Gasteiger partial charge on any atom is 0.416 e. The molecule has 27 heavy (non-hydrogen) atoms. The van der Waals surface area contributed by atoms with Gasteiger partial charge in [0, 0.05) is 18.6 Å². The molecule has 3 aromatic rings. The van der Waals surface area contributed by atoms with E-state index in [4.69, 9.17) is 0 Å². The molecule has 0 saturated carbocycles. The van der Waals surface area contributed by atoms with Gasteiger partial charge in [-0.3, -0.25) is 5.10 Å². The molecule has 0 aliphatic carbocycles. The Labute approximate surface area is 157 Å². The third kappa shape index (κ3) is 4.11. The van der Waals surface area contributed by atoms with Crippen LogP contribution in [0.1, 0.15) is 24.1 Å². The number of carbonyl (C=O) groups is 1. The summed E-state index contributed by atoms with van der Waals surface area (Å²) in [6.07, 6.45) is -1.35. The van der Waals surface area contributed by atoms with E-state index in [-0.39, 0.29) is 0 Å². The summed E-state index contributed by atoms with van der Waals surface area (Å²) in [5.74, 6) is 0. The van der Waals surface area contributed by atoms with Crippen LogP contribution < -0.4 is 5.32 Å². The van der Waals surface area contributed by atoms with Gasteiger partial charge in [0.15, 0.2) is 0 Å². The fourth-order valence-electron chi connectivity index (χ4n) is 2.47. The molecule has 10 heteroatoms. The number of benzene rings is 1. The topological polar surface area (TPSA) is 73.9 Å². The summed E-state index contributed by atoms with van der Waals surface area (Å²) in [4.78, 5) is 18.1. The Kier molecular flexibility index (Phi) is 5.17. The zero-order valence-electron chi connectivity index (χ0n) is 14.4. The number of anilines is 1. The third-order valence-electron chi connectivity index (χ3n) is 4.12. The molecule has 0 aliphatic rings. The van der Waals surface area contributed by atoms with E-state index in [1.165, 1.54) is 35.5 Å². The molecule has 6 nitrogen and oxygen atoms in total. The first-order chi connectivity index (χ1) is 12.8. The number of aromatic nitrogens is 3. The number of rotatable bonds is 4. The second-order valence-electron chi connectivity index (χ2n) is 5.84. The molecule has 2 heterocycles. The van der Waals surface area contributed by atoms with Crippen molar-refractivity contribution >= 4 is 23.1 Å². The summed E-state index contributed by atoms with van der Waals surface area (Å²) < 4.78 is 38.7. The van der Waals surface area contributed by atoms with Gasteiger partial charge in [0.05, 0.1) is 23.5 Å². The lowest BCUT2D eigenvalue weighted by Crippen LogP contribution is -2.33. The van der Waals surface area contributed by atoms with Gasteiger partial charge in [-0.2, -0.15) is 18.3 Å². The molecule has 0 fully saturated rings. The Hall–Kier alpha value is -2.88. The van der Waals surface area contributed by atoms with Crippen LogP contribution in [0.4, 0.5) is 23.7 Å². The molecule has 0 aliphatic heterocycles. The third-order valence-corrected chi connectivity index (χ3v) is 4.92. The van der Waals surface area contributed by atoms with E-state index in [1.807, 2.05) is 0 Å². The first kappa shape index (κ1) is 18.9. The van der Waals surface area contributed by atoms with E-state index < -0.39 is 23.8 Å². The van der Waals surface area contributed by atoms with Gasteiger partial charge in [-0.05, 0) is 24.6 Å². The van der Waals surface area contributed by atoms with Crippen LogP contribution in [0.25, 0.3) is 10.7 Å². The van der Waals surface area contributed by atoms with E-state index in [0.717, 1.165) is 12.1 Å². The number of thiazole rings is 1. The van der Waals surface area contributed by atoms with Crippen LogP contribution >= 0.6 is 11.3 Å². The van der Waals surface area contributed by atoms with Gasteiger partial charge >= 0.3 is 12.2 Å². The zero-order valence-corrected chi connectivity index (χ0v) is 15.2. The number of aromatic amines is 1. The van der Waals surface area contributed by atoms with Crippen LogP contribution in [-0.2, 0) is 6.18 Å². The summed E-state index contributed by atoms with van der Waals surface area (Å²) in [6, 6.07) is 3.90. The lowest BCUT2D eigenvalue weighted by Gasteiger charge is -2.26. The minimum atomic E-state index is -4.43. The highest BCUT2D eigenvalue weighted by Crippen LogP contribution is 2.32. The van der Waals surface area contributed by atoms with Crippen molar-refractivity contribution in [1.29, 1.82) is 0 Å². The fourth-order valence-corrected chi connectivity index (χ4v) is 3.11. The summed E-state index contributed by atoms with van der Waals surface area (Å²) in [5, 5.41) is 11.9. The largest absolute Gasteiger partial charge is 0.416 e. The molecule has 2 amide bonds. The first-order valence-electron chi connectivity index (χ1n) is 7.91. The van der Waals surface area contributed by atoms with Crippen molar-refractivity contribution in [3.8, 4) is 10.7 Å². The number of nitrogens with zero attached hydrogens (tertiary/aromatic N) is 3. The second-order valence-corrected chi connectivity index (χ2v) is 6.73. The van der Waals surface area contributed by atoms with Gasteiger partial charge in [0.2, 0.25) is 0 Å². The maximum atomic E-state index is 12.9. The SMILES string of the molecule is CC(c1cccc(C(F)(F)F)c1)N(C)C(=O)Nc1cn[nH]c1-c1nccs1. The van der Waals surface area contributed by atoms with E-state index >= 15 is 0 Å². The van der Waals surface area contributed by atoms with E-state index in [1.54, 1.807) is 24.6 Å². The molecule has 0 spiro atoms. The normalized spacial score (nSPS) is 12.6. The average molecular weight is 395 g/mol. The van der Waals surface area contributed by atoms with Crippen LogP contribution in [0.5, 0.6) is 0 Å². The number of alkyl halides is 3. The molecule has 2 aromatic heterocycles. The molecule has 1 atom stereocenters. The summed E-state index contributed by atoms with van der Waals surface area (Å²) in [7, 11) is 1.52. The number of nitrogens with one attached hydrogen (secondary N) is 2. The monoisotopic (exact) mass is 395 g/mol. The lowest BCUT2D eigenvalue weighted by atomic mass is 10.0. The van der Waals surface area contributed by atoms with Gasteiger partial charge in [0.25, 0.3) is 0 Å². The quantitative estimate of drug-likeness (QED) is 0.668. The summed E-state index contributed by atoms with van der Waals surface area (Å²) in [6.45, 7) is 1.66. The minimum absolute atomic E-state index is 0.384. The zero-order chi connectivity index (χ0) is 19.6. The molecule has 2 N–H and O–H groups in total. The van der Waals surface area contributed by atoms with E-state index in [2.05, 4.69) is 20.5 Å². The van der Waals surface area contributed by atoms with Gasteiger partial charge in [-0.1, -0.05) is 12.1 Å². The number of carbonyl (C=O) groups excluding carboxylic acids is 1. The molecule has 3 rings (SSSR count). The van der Waals surface area contributed by atoms with Crippen molar-refractivity contribution in [2.24, 2.45) is 0 Å². The van der Waals surface area contributed by atoms with Crippen molar-refractivity contribution in [1.82, 2.24) is 20.1 Å². The van der Waals surface area contributed by atoms with Crippen molar-refractivity contribution in [3.05, 3.63) is 53.2 Å². The van der Waals surface area contributed by atoms with Gasteiger partial charge in [0.1, 0.15) is 10.7 Å².